The number of phenolic OH excluding ortho intramolecular Hbond substituents is 1. The third-order valence-corrected chi connectivity index (χ3v) is 7.05. The monoisotopic (exact) mass is 450 g/mol. The van der Waals surface area contributed by atoms with E-state index in [9.17, 15) is 9.50 Å². The maximum atomic E-state index is 14.5. The molecule has 5 rings (SSSR count). The highest BCUT2D eigenvalue weighted by Gasteiger charge is 2.38. The molecule has 8 heteroatoms. The van der Waals surface area contributed by atoms with Gasteiger partial charge in [0.2, 0.25) is 0 Å². The SMILES string of the molecule is CC[C@H]1C[C@@H](N(c2cnc(-c3ccc(-c4cnn(C)c4)cc3O)nn2)C2CC2)CCC[C@@H]1F. The van der Waals surface area contributed by atoms with Crippen molar-refractivity contribution in [3.8, 4) is 28.3 Å². The number of aromatic hydroxyl groups is 1. The van der Waals surface area contributed by atoms with Crippen molar-refractivity contribution in [3.63, 3.8) is 0 Å². The summed E-state index contributed by atoms with van der Waals surface area (Å²) in [6.45, 7) is 2.09. The minimum absolute atomic E-state index is 0.105. The van der Waals surface area contributed by atoms with Crippen LogP contribution in [0.2, 0.25) is 0 Å². The Labute approximate surface area is 193 Å². The van der Waals surface area contributed by atoms with E-state index in [2.05, 4.69) is 32.1 Å². The zero-order valence-electron chi connectivity index (χ0n) is 19.2. The van der Waals surface area contributed by atoms with Crippen LogP contribution in [0.15, 0.2) is 36.8 Å². The lowest BCUT2D eigenvalue weighted by Gasteiger charge is -2.33. The van der Waals surface area contributed by atoms with E-state index in [4.69, 9.17) is 0 Å². The minimum atomic E-state index is -0.703. The van der Waals surface area contributed by atoms with Gasteiger partial charge in [0, 0.05) is 30.9 Å². The smallest absolute Gasteiger partial charge is 0.185 e. The molecule has 0 aliphatic heterocycles. The second-order valence-corrected chi connectivity index (χ2v) is 9.42. The minimum Gasteiger partial charge on any atom is -0.507 e. The fourth-order valence-electron chi connectivity index (χ4n) is 5.08. The molecule has 3 atom stereocenters. The lowest BCUT2D eigenvalue weighted by atomic mass is 9.93. The lowest BCUT2D eigenvalue weighted by molar-refractivity contribution is 0.206. The average Bonchev–Trinajstić information content (AvgIpc) is 3.59. The Morgan fingerprint density at radius 2 is 1.94 bits per heavy atom. The summed E-state index contributed by atoms with van der Waals surface area (Å²) in [5.74, 6) is 1.36. The van der Waals surface area contributed by atoms with Gasteiger partial charge < -0.3 is 10.0 Å². The summed E-state index contributed by atoms with van der Waals surface area (Å²) in [4.78, 5) is 6.90. The molecule has 2 saturated carbocycles. The average molecular weight is 451 g/mol. The van der Waals surface area contributed by atoms with Gasteiger partial charge in [0.25, 0.3) is 0 Å². The van der Waals surface area contributed by atoms with E-state index in [0.29, 0.717) is 23.9 Å². The number of halogens is 1. The van der Waals surface area contributed by atoms with Crippen LogP contribution >= 0.6 is 0 Å². The first kappa shape index (κ1) is 21.8. The number of phenols is 1. The number of anilines is 1. The van der Waals surface area contributed by atoms with E-state index in [0.717, 1.165) is 55.5 Å². The second kappa shape index (κ2) is 9.08. The number of rotatable bonds is 6. The van der Waals surface area contributed by atoms with Gasteiger partial charge in [0.05, 0.1) is 18.0 Å². The Bertz CT molecular complexity index is 1100. The topological polar surface area (TPSA) is 80.0 Å². The second-order valence-electron chi connectivity index (χ2n) is 9.42. The molecule has 0 amide bonds. The van der Waals surface area contributed by atoms with Crippen molar-refractivity contribution in [3.05, 3.63) is 36.8 Å². The van der Waals surface area contributed by atoms with Gasteiger partial charge in [-0.2, -0.15) is 5.10 Å². The van der Waals surface area contributed by atoms with Gasteiger partial charge in [-0.05, 0) is 62.1 Å². The Balaban J connectivity index is 1.38. The van der Waals surface area contributed by atoms with E-state index >= 15 is 0 Å². The number of alkyl halides is 1. The molecule has 0 bridgehead atoms. The van der Waals surface area contributed by atoms with Gasteiger partial charge >= 0.3 is 0 Å². The van der Waals surface area contributed by atoms with Gasteiger partial charge in [-0.1, -0.05) is 19.4 Å². The molecule has 1 aromatic carbocycles. The van der Waals surface area contributed by atoms with Crippen molar-refractivity contribution in [2.45, 2.75) is 70.1 Å². The van der Waals surface area contributed by atoms with Crippen LogP contribution in [0.4, 0.5) is 10.2 Å². The first-order valence-electron chi connectivity index (χ1n) is 12.0. The Kier molecular flexibility index (Phi) is 6.00. The molecular weight excluding hydrogens is 419 g/mol. The summed E-state index contributed by atoms with van der Waals surface area (Å²) in [7, 11) is 1.86. The molecule has 2 aliphatic rings. The zero-order valence-corrected chi connectivity index (χ0v) is 19.2. The van der Waals surface area contributed by atoms with Crippen molar-refractivity contribution in [1.82, 2.24) is 25.0 Å². The van der Waals surface area contributed by atoms with Crippen LogP contribution in [-0.2, 0) is 7.05 Å². The van der Waals surface area contributed by atoms with Crippen LogP contribution in [0.3, 0.4) is 0 Å². The Hall–Kier alpha value is -3.03. The molecule has 0 spiro atoms. The Morgan fingerprint density at radius 3 is 2.58 bits per heavy atom. The maximum absolute atomic E-state index is 14.5. The molecule has 1 N–H and O–H groups in total. The fourth-order valence-corrected chi connectivity index (χ4v) is 5.08. The van der Waals surface area contributed by atoms with Gasteiger partial charge in [0.15, 0.2) is 11.6 Å². The van der Waals surface area contributed by atoms with Gasteiger partial charge in [0.1, 0.15) is 11.9 Å². The molecular formula is C25H31FN6O. The van der Waals surface area contributed by atoms with Crippen molar-refractivity contribution < 1.29 is 9.50 Å². The standard InChI is InChI=1S/C25H31FN6O/c1-3-16-11-20(5-4-6-22(16)26)32(19-8-9-19)24-14-27-25(30-29-24)21-10-7-17(12-23(21)33)18-13-28-31(2)15-18/h7,10,12-16,19-20,22,33H,3-6,8-9,11H2,1-2H3/t16-,20-,22-/m0/s1. The van der Waals surface area contributed by atoms with E-state index in [1.807, 2.05) is 25.4 Å². The molecule has 0 unspecified atom stereocenters. The number of benzene rings is 1. The van der Waals surface area contributed by atoms with Crippen molar-refractivity contribution in [2.75, 3.05) is 4.90 Å². The molecule has 0 radical (unpaired) electrons. The molecule has 2 fully saturated rings. The van der Waals surface area contributed by atoms with Crippen LogP contribution in [0.5, 0.6) is 5.75 Å². The number of hydrogen-bond donors (Lipinski definition) is 1. The van der Waals surface area contributed by atoms with Crippen LogP contribution in [-0.4, -0.2) is 48.3 Å². The summed E-state index contributed by atoms with van der Waals surface area (Å²) < 4.78 is 16.2. The number of aromatic nitrogens is 5. The Morgan fingerprint density at radius 1 is 1.09 bits per heavy atom. The van der Waals surface area contributed by atoms with Crippen LogP contribution in [0.1, 0.15) is 51.9 Å². The fraction of sp³-hybridized carbons (Fsp3) is 0.520. The van der Waals surface area contributed by atoms with Crippen LogP contribution < -0.4 is 4.90 Å². The van der Waals surface area contributed by atoms with E-state index in [1.165, 1.54) is 0 Å². The highest BCUT2D eigenvalue weighted by molar-refractivity contribution is 5.72. The van der Waals surface area contributed by atoms with Gasteiger partial charge in [-0.15, -0.1) is 10.2 Å². The molecule has 0 saturated heterocycles. The lowest BCUT2D eigenvalue weighted by Crippen LogP contribution is -2.39. The molecule has 2 aromatic heterocycles. The predicted molar refractivity (Wildman–Crippen MR) is 126 cm³/mol. The first-order valence-corrected chi connectivity index (χ1v) is 12.0. The van der Waals surface area contributed by atoms with E-state index in [1.54, 1.807) is 23.1 Å². The highest BCUT2D eigenvalue weighted by Crippen LogP contribution is 2.39. The maximum Gasteiger partial charge on any atom is 0.185 e. The summed E-state index contributed by atoms with van der Waals surface area (Å²) in [5, 5.41) is 23.7. The zero-order chi connectivity index (χ0) is 22.9. The van der Waals surface area contributed by atoms with Crippen molar-refractivity contribution in [2.24, 2.45) is 13.0 Å². The normalized spacial score (nSPS) is 23.3. The molecule has 2 aliphatic carbocycles. The molecule has 3 aromatic rings. The summed E-state index contributed by atoms with van der Waals surface area (Å²) >= 11 is 0. The summed E-state index contributed by atoms with van der Waals surface area (Å²) in [6, 6.07) is 6.15. The predicted octanol–water partition coefficient (Wildman–Crippen LogP) is 4.92. The molecule has 2 heterocycles. The van der Waals surface area contributed by atoms with Crippen molar-refractivity contribution >= 4 is 5.82 Å². The summed E-state index contributed by atoms with van der Waals surface area (Å²) in [5.41, 5.74) is 2.34. The quantitative estimate of drug-likeness (QED) is 0.537. The third kappa shape index (κ3) is 4.56. The first-order chi connectivity index (χ1) is 16.0. The molecule has 7 nitrogen and oxygen atoms in total. The van der Waals surface area contributed by atoms with Crippen LogP contribution in [0, 0.1) is 5.92 Å². The van der Waals surface area contributed by atoms with E-state index in [-0.39, 0.29) is 17.7 Å². The highest BCUT2D eigenvalue weighted by atomic mass is 19.1. The summed E-state index contributed by atoms with van der Waals surface area (Å²) in [6.07, 6.45) is 11.2. The number of nitrogens with zero attached hydrogens (tertiary/aromatic N) is 6. The van der Waals surface area contributed by atoms with Gasteiger partial charge in [-0.25, -0.2) is 9.37 Å². The number of aryl methyl sites for hydroxylation is 1. The van der Waals surface area contributed by atoms with Crippen LogP contribution in [0.25, 0.3) is 22.5 Å². The number of hydrogen-bond acceptors (Lipinski definition) is 6. The van der Waals surface area contributed by atoms with Gasteiger partial charge in [-0.3, -0.25) is 4.68 Å². The molecule has 33 heavy (non-hydrogen) atoms. The molecule has 174 valence electrons. The van der Waals surface area contributed by atoms with Crippen molar-refractivity contribution in [1.29, 1.82) is 0 Å². The largest absolute Gasteiger partial charge is 0.507 e. The van der Waals surface area contributed by atoms with E-state index < -0.39 is 6.17 Å². The third-order valence-electron chi connectivity index (χ3n) is 7.05.